The zero-order valence-electron chi connectivity index (χ0n) is 9.92. The molecule has 0 aromatic carbocycles. The first-order valence-electron chi connectivity index (χ1n) is 5.82. The standard InChI is InChI=1S/C11H26N2O/c1-4-5-6-8-13(9-7-10-14)12-11(2)3/h11-12,14H,4-10H2,1-3H3. The molecular formula is C11H26N2O. The van der Waals surface area contributed by atoms with Crippen LogP contribution in [0.15, 0.2) is 0 Å². The first kappa shape index (κ1) is 13.9. The fourth-order valence-corrected chi connectivity index (χ4v) is 1.42. The molecule has 3 nitrogen and oxygen atoms in total. The van der Waals surface area contributed by atoms with Gasteiger partial charge in [0.15, 0.2) is 0 Å². The maximum atomic E-state index is 8.77. The zero-order chi connectivity index (χ0) is 10.8. The summed E-state index contributed by atoms with van der Waals surface area (Å²) >= 11 is 0. The number of aliphatic hydroxyl groups is 1. The fourth-order valence-electron chi connectivity index (χ4n) is 1.42. The van der Waals surface area contributed by atoms with Gasteiger partial charge in [-0.05, 0) is 26.7 Å². The van der Waals surface area contributed by atoms with Gasteiger partial charge < -0.3 is 5.11 Å². The lowest BCUT2D eigenvalue weighted by atomic mass is 10.2. The van der Waals surface area contributed by atoms with Gasteiger partial charge in [-0.3, -0.25) is 5.43 Å². The first-order valence-corrected chi connectivity index (χ1v) is 5.82. The minimum absolute atomic E-state index is 0.282. The van der Waals surface area contributed by atoms with Gasteiger partial charge in [-0.25, -0.2) is 5.01 Å². The van der Waals surface area contributed by atoms with Crippen LogP contribution in [0.2, 0.25) is 0 Å². The second-order valence-corrected chi connectivity index (χ2v) is 4.06. The summed E-state index contributed by atoms with van der Waals surface area (Å²) < 4.78 is 0. The minimum Gasteiger partial charge on any atom is -0.396 e. The molecule has 0 heterocycles. The van der Waals surface area contributed by atoms with Gasteiger partial charge in [-0.15, -0.1) is 0 Å². The summed E-state index contributed by atoms with van der Waals surface area (Å²) in [4.78, 5) is 0. The smallest absolute Gasteiger partial charge is 0.0443 e. The van der Waals surface area contributed by atoms with Crippen molar-refractivity contribution in [3.63, 3.8) is 0 Å². The summed E-state index contributed by atoms with van der Waals surface area (Å²) in [5.74, 6) is 0. The van der Waals surface area contributed by atoms with Crippen molar-refractivity contribution in [2.24, 2.45) is 0 Å². The lowest BCUT2D eigenvalue weighted by molar-refractivity contribution is 0.147. The number of rotatable bonds is 9. The Bertz CT molecular complexity index is 118. The van der Waals surface area contributed by atoms with E-state index in [1.54, 1.807) is 0 Å². The van der Waals surface area contributed by atoms with Crippen molar-refractivity contribution in [2.75, 3.05) is 19.7 Å². The molecule has 0 fully saturated rings. The van der Waals surface area contributed by atoms with Crippen LogP contribution in [-0.2, 0) is 0 Å². The highest BCUT2D eigenvalue weighted by molar-refractivity contribution is 4.56. The predicted octanol–water partition coefficient (Wildman–Crippen LogP) is 1.77. The number of hydrogen-bond acceptors (Lipinski definition) is 3. The van der Waals surface area contributed by atoms with Gasteiger partial charge in [0.25, 0.3) is 0 Å². The molecule has 0 rings (SSSR count). The lowest BCUT2D eigenvalue weighted by Crippen LogP contribution is -2.43. The summed E-state index contributed by atoms with van der Waals surface area (Å²) in [6, 6.07) is 0.482. The SMILES string of the molecule is CCCCCN(CCCO)NC(C)C. The highest BCUT2D eigenvalue weighted by Crippen LogP contribution is 1.98. The van der Waals surface area contributed by atoms with Gasteiger partial charge in [0.1, 0.15) is 0 Å². The molecule has 0 amide bonds. The maximum Gasteiger partial charge on any atom is 0.0443 e. The average Bonchev–Trinajstić information content (AvgIpc) is 2.13. The van der Waals surface area contributed by atoms with Crippen LogP contribution in [0.5, 0.6) is 0 Å². The molecule has 14 heavy (non-hydrogen) atoms. The molecule has 0 saturated carbocycles. The zero-order valence-corrected chi connectivity index (χ0v) is 9.92. The molecule has 0 unspecified atom stereocenters. The highest BCUT2D eigenvalue weighted by atomic mass is 16.3. The molecule has 0 bridgehead atoms. The van der Waals surface area contributed by atoms with E-state index >= 15 is 0 Å². The van der Waals surface area contributed by atoms with Crippen LogP contribution in [0.1, 0.15) is 46.5 Å². The largest absolute Gasteiger partial charge is 0.396 e. The number of aliphatic hydroxyl groups excluding tert-OH is 1. The summed E-state index contributed by atoms with van der Waals surface area (Å²) in [6.45, 7) is 8.82. The van der Waals surface area contributed by atoms with Crippen molar-refractivity contribution in [2.45, 2.75) is 52.5 Å². The van der Waals surface area contributed by atoms with E-state index < -0.39 is 0 Å². The molecule has 3 heteroatoms. The summed E-state index contributed by atoms with van der Waals surface area (Å²) in [7, 11) is 0. The number of hydrazine groups is 1. The Labute approximate surface area is 88.5 Å². The van der Waals surface area contributed by atoms with Gasteiger partial charge >= 0.3 is 0 Å². The fraction of sp³-hybridized carbons (Fsp3) is 1.00. The molecule has 0 aromatic rings. The Morgan fingerprint density at radius 1 is 1.14 bits per heavy atom. The van der Waals surface area contributed by atoms with Gasteiger partial charge in [-0.1, -0.05) is 19.8 Å². The first-order chi connectivity index (χ1) is 6.70. The molecule has 0 radical (unpaired) electrons. The number of nitrogens with one attached hydrogen (secondary N) is 1. The third-order valence-corrected chi connectivity index (χ3v) is 2.06. The van der Waals surface area contributed by atoms with Crippen LogP contribution < -0.4 is 5.43 Å². The van der Waals surface area contributed by atoms with Crippen LogP contribution >= 0.6 is 0 Å². The second kappa shape index (κ2) is 9.44. The third kappa shape index (κ3) is 8.48. The third-order valence-electron chi connectivity index (χ3n) is 2.06. The quantitative estimate of drug-likeness (QED) is 0.442. The molecule has 2 N–H and O–H groups in total. The molecule has 0 aromatic heterocycles. The van der Waals surface area contributed by atoms with E-state index in [-0.39, 0.29) is 6.61 Å². The lowest BCUT2D eigenvalue weighted by Gasteiger charge is -2.25. The summed E-state index contributed by atoms with van der Waals surface area (Å²) in [5, 5.41) is 11.0. The van der Waals surface area contributed by atoms with Crippen molar-refractivity contribution < 1.29 is 5.11 Å². The van der Waals surface area contributed by atoms with E-state index in [0.717, 1.165) is 19.5 Å². The van der Waals surface area contributed by atoms with Crippen LogP contribution in [-0.4, -0.2) is 35.9 Å². The van der Waals surface area contributed by atoms with Crippen molar-refractivity contribution >= 4 is 0 Å². The van der Waals surface area contributed by atoms with E-state index in [4.69, 9.17) is 5.11 Å². The van der Waals surface area contributed by atoms with E-state index in [9.17, 15) is 0 Å². The predicted molar refractivity (Wildman–Crippen MR) is 61.1 cm³/mol. The molecule has 86 valence electrons. The summed E-state index contributed by atoms with van der Waals surface area (Å²) in [6.07, 6.45) is 4.64. The van der Waals surface area contributed by atoms with E-state index in [0.29, 0.717) is 6.04 Å². The highest BCUT2D eigenvalue weighted by Gasteiger charge is 2.04. The van der Waals surface area contributed by atoms with E-state index in [1.807, 2.05) is 0 Å². The Balaban J connectivity index is 3.61. The van der Waals surface area contributed by atoms with Crippen LogP contribution in [0, 0.1) is 0 Å². The van der Waals surface area contributed by atoms with Gasteiger partial charge in [0, 0.05) is 25.7 Å². The Morgan fingerprint density at radius 2 is 1.79 bits per heavy atom. The van der Waals surface area contributed by atoms with E-state index in [1.165, 1.54) is 19.3 Å². The molecular weight excluding hydrogens is 176 g/mol. The minimum atomic E-state index is 0.282. The average molecular weight is 202 g/mol. The molecule has 0 atom stereocenters. The van der Waals surface area contributed by atoms with Crippen LogP contribution in [0.25, 0.3) is 0 Å². The number of nitrogens with zero attached hydrogens (tertiary/aromatic N) is 1. The Hall–Kier alpha value is -0.120. The topological polar surface area (TPSA) is 35.5 Å². The van der Waals surface area contributed by atoms with Crippen LogP contribution in [0.3, 0.4) is 0 Å². The molecule has 0 aliphatic heterocycles. The van der Waals surface area contributed by atoms with Crippen LogP contribution in [0.4, 0.5) is 0 Å². The molecule has 0 aliphatic rings. The van der Waals surface area contributed by atoms with Crippen molar-refractivity contribution in [3.8, 4) is 0 Å². The Kier molecular flexibility index (Phi) is 9.35. The maximum absolute atomic E-state index is 8.77. The van der Waals surface area contributed by atoms with Gasteiger partial charge in [0.05, 0.1) is 0 Å². The molecule has 0 aliphatic carbocycles. The number of hydrogen-bond donors (Lipinski definition) is 2. The van der Waals surface area contributed by atoms with Gasteiger partial charge in [-0.2, -0.15) is 0 Å². The van der Waals surface area contributed by atoms with E-state index in [2.05, 4.69) is 31.2 Å². The summed E-state index contributed by atoms with van der Waals surface area (Å²) in [5.41, 5.74) is 3.40. The second-order valence-electron chi connectivity index (χ2n) is 4.06. The van der Waals surface area contributed by atoms with Crippen molar-refractivity contribution in [1.29, 1.82) is 0 Å². The van der Waals surface area contributed by atoms with Gasteiger partial charge in [0.2, 0.25) is 0 Å². The molecule has 0 spiro atoms. The van der Waals surface area contributed by atoms with Crippen molar-refractivity contribution in [3.05, 3.63) is 0 Å². The molecule has 0 saturated heterocycles. The normalized spacial score (nSPS) is 11.6. The van der Waals surface area contributed by atoms with Crippen molar-refractivity contribution in [1.82, 2.24) is 10.4 Å². The number of unbranched alkanes of at least 4 members (excludes halogenated alkanes) is 2. The Morgan fingerprint density at radius 3 is 2.29 bits per heavy atom. The monoisotopic (exact) mass is 202 g/mol.